The SMILES string of the molecule is Clc1ccc(C(Oc2ccc3ncccc3c2)c2cnco2)cc1. The Kier molecular flexibility index (Phi) is 3.89. The molecule has 0 spiro atoms. The lowest BCUT2D eigenvalue weighted by molar-refractivity contribution is 0.215. The first-order valence-corrected chi connectivity index (χ1v) is 7.83. The van der Waals surface area contributed by atoms with Crippen LogP contribution in [-0.4, -0.2) is 9.97 Å². The smallest absolute Gasteiger partial charge is 0.183 e. The third kappa shape index (κ3) is 2.96. The average Bonchev–Trinajstić information content (AvgIpc) is 3.15. The fourth-order valence-electron chi connectivity index (χ4n) is 2.55. The summed E-state index contributed by atoms with van der Waals surface area (Å²) in [5, 5.41) is 1.69. The van der Waals surface area contributed by atoms with Crippen LogP contribution >= 0.6 is 11.6 Å². The molecule has 1 atom stereocenters. The summed E-state index contributed by atoms with van der Waals surface area (Å²) in [5.41, 5.74) is 1.86. The van der Waals surface area contributed by atoms with Crippen molar-refractivity contribution in [3.63, 3.8) is 0 Å². The molecule has 4 nitrogen and oxygen atoms in total. The molecule has 1 unspecified atom stereocenters. The molecular formula is C19H13ClN2O2. The van der Waals surface area contributed by atoms with Gasteiger partial charge in [-0.1, -0.05) is 29.8 Å². The molecule has 4 aromatic rings. The van der Waals surface area contributed by atoms with Crippen LogP contribution in [0.5, 0.6) is 5.75 Å². The Labute approximate surface area is 143 Å². The maximum Gasteiger partial charge on any atom is 0.183 e. The van der Waals surface area contributed by atoms with E-state index in [0.29, 0.717) is 10.8 Å². The van der Waals surface area contributed by atoms with Gasteiger partial charge < -0.3 is 9.15 Å². The fraction of sp³-hybridized carbons (Fsp3) is 0.0526. The number of hydrogen-bond donors (Lipinski definition) is 0. The van der Waals surface area contributed by atoms with Crippen molar-refractivity contribution >= 4 is 22.5 Å². The summed E-state index contributed by atoms with van der Waals surface area (Å²) in [6.07, 6.45) is 4.42. The van der Waals surface area contributed by atoms with Gasteiger partial charge in [-0.2, -0.15) is 0 Å². The number of ether oxygens (including phenoxy) is 1. The zero-order valence-corrected chi connectivity index (χ0v) is 13.4. The van der Waals surface area contributed by atoms with Crippen molar-refractivity contribution in [1.82, 2.24) is 9.97 Å². The lowest BCUT2D eigenvalue weighted by Crippen LogP contribution is -2.08. The minimum atomic E-state index is -0.404. The second-order valence-corrected chi connectivity index (χ2v) is 5.75. The Morgan fingerprint density at radius 1 is 1.04 bits per heavy atom. The molecule has 0 radical (unpaired) electrons. The van der Waals surface area contributed by atoms with Crippen LogP contribution < -0.4 is 4.74 Å². The van der Waals surface area contributed by atoms with Crippen molar-refractivity contribution in [2.24, 2.45) is 0 Å². The minimum Gasteiger partial charge on any atom is -0.478 e. The average molecular weight is 337 g/mol. The summed E-state index contributed by atoms with van der Waals surface area (Å²) in [6, 6.07) is 17.2. The van der Waals surface area contributed by atoms with Gasteiger partial charge in [-0.3, -0.25) is 4.98 Å². The van der Waals surface area contributed by atoms with E-state index in [9.17, 15) is 0 Å². The zero-order valence-electron chi connectivity index (χ0n) is 12.6. The van der Waals surface area contributed by atoms with E-state index in [0.717, 1.165) is 22.2 Å². The van der Waals surface area contributed by atoms with Crippen LogP contribution in [0.1, 0.15) is 17.4 Å². The van der Waals surface area contributed by atoms with Gasteiger partial charge in [0.05, 0.1) is 11.7 Å². The van der Waals surface area contributed by atoms with E-state index < -0.39 is 6.10 Å². The number of hydrogen-bond acceptors (Lipinski definition) is 4. The van der Waals surface area contributed by atoms with Gasteiger partial charge in [-0.15, -0.1) is 0 Å². The molecule has 2 aromatic carbocycles. The summed E-state index contributed by atoms with van der Waals surface area (Å²) < 4.78 is 11.6. The first-order valence-electron chi connectivity index (χ1n) is 7.45. The van der Waals surface area contributed by atoms with E-state index in [1.807, 2.05) is 54.6 Å². The number of rotatable bonds is 4. The molecule has 0 bridgehead atoms. The van der Waals surface area contributed by atoms with Gasteiger partial charge in [0.1, 0.15) is 5.75 Å². The Balaban J connectivity index is 1.71. The number of oxazole rings is 1. The molecule has 0 saturated carbocycles. The summed E-state index contributed by atoms with van der Waals surface area (Å²) in [7, 11) is 0. The van der Waals surface area contributed by atoms with Gasteiger partial charge in [0.25, 0.3) is 0 Å². The van der Waals surface area contributed by atoms with Crippen LogP contribution in [0.4, 0.5) is 0 Å². The third-order valence-electron chi connectivity index (χ3n) is 3.71. The summed E-state index contributed by atoms with van der Waals surface area (Å²) in [5.74, 6) is 1.36. The number of pyridine rings is 1. The van der Waals surface area contributed by atoms with Crippen molar-refractivity contribution in [3.8, 4) is 5.75 Å². The number of fused-ring (bicyclic) bond motifs is 1. The monoisotopic (exact) mass is 336 g/mol. The highest BCUT2D eigenvalue weighted by Gasteiger charge is 2.20. The van der Waals surface area contributed by atoms with Crippen LogP contribution in [0.3, 0.4) is 0 Å². The second-order valence-electron chi connectivity index (χ2n) is 5.31. The number of benzene rings is 2. The van der Waals surface area contributed by atoms with Crippen LogP contribution in [0, 0.1) is 0 Å². The van der Waals surface area contributed by atoms with Crippen molar-refractivity contribution in [2.45, 2.75) is 6.10 Å². The van der Waals surface area contributed by atoms with Gasteiger partial charge in [0.2, 0.25) is 0 Å². The standard InChI is InChI=1S/C19H13ClN2O2/c20-15-5-3-13(4-6-15)19(18-11-21-12-23-18)24-16-7-8-17-14(10-16)2-1-9-22-17/h1-12,19H. The first kappa shape index (κ1) is 14.7. The minimum absolute atomic E-state index is 0.404. The van der Waals surface area contributed by atoms with Gasteiger partial charge in [0.15, 0.2) is 18.3 Å². The van der Waals surface area contributed by atoms with Crippen LogP contribution in [-0.2, 0) is 0 Å². The maximum absolute atomic E-state index is 6.19. The second kappa shape index (κ2) is 6.34. The molecule has 0 aliphatic carbocycles. The first-order chi connectivity index (χ1) is 11.8. The molecule has 0 amide bonds. The quantitative estimate of drug-likeness (QED) is 0.523. The van der Waals surface area contributed by atoms with E-state index in [1.165, 1.54) is 6.39 Å². The largest absolute Gasteiger partial charge is 0.478 e. The molecular weight excluding hydrogens is 324 g/mol. The molecule has 5 heteroatoms. The molecule has 0 aliphatic heterocycles. The highest BCUT2D eigenvalue weighted by Crippen LogP contribution is 2.30. The molecule has 2 heterocycles. The maximum atomic E-state index is 6.19. The van der Waals surface area contributed by atoms with Gasteiger partial charge >= 0.3 is 0 Å². The van der Waals surface area contributed by atoms with Crippen LogP contribution in [0.25, 0.3) is 10.9 Å². The topological polar surface area (TPSA) is 48.2 Å². The predicted octanol–water partition coefficient (Wildman–Crippen LogP) is 5.04. The highest BCUT2D eigenvalue weighted by atomic mass is 35.5. The Bertz CT molecular complexity index is 953. The molecule has 2 aromatic heterocycles. The molecule has 0 N–H and O–H groups in total. The number of aromatic nitrogens is 2. The lowest BCUT2D eigenvalue weighted by atomic mass is 10.1. The Morgan fingerprint density at radius 3 is 2.71 bits per heavy atom. The van der Waals surface area contributed by atoms with E-state index in [4.69, 9.17) is 20.8 Å². The zero-order chi connectivity index (χ0) is 16.4. The Hall–Kier alpha value is -2.85. The van der Waals surface area contributed by atoms with Gasteiger partial charge in [-0.25, -0.2) is 4.98 Å². The van der Waals surface area contributed by atoms with E-state index in [1.54, 1.807) is 12.4 Å². The van der Waals surface area contributed by atoms with Gasteiger partial charge in [0, 0.05) is 22.2 Å². The molecule has 0 aliphatic rings. The Morgan fingerprint density at radius 2 is 1.92 bits per heavy atom. The molecule has 0 fully saturated rings. The summed E-state index contributed by atoms with van der Waals surface area (Å²) in [6.45, 7) is 0. The van der Waals surface area contributed by atoms with Crippen molar-refractivity contribution in [1.29, 1.82) is 0 Å². The highest BCUT2D eigenvalue weighted by molar-refractivity contribution is 6.30. The fourth-order valence-corrected chi connectivity index (χ4v) is 2.67. The molecule has 118 valence electrons. The summed E-state index contributed by atoms with van der Waals surface area (Å²) >= 11 is 5.98. The van der Waals surface area contributed by atoms with Crippen LogP contribution in [0.15, 0.2) is 77.8 Å². The van der Waals surface area contributed by atoms with E-state index in [2.05, 4.69) is 9.97 Å². The van der Waals surface area contributed by atoms with Gasteiger partial charge in [-0.05, 0) is 36.4 Å². The van der Waals surface area contributed by atoms with E-state index >= 15 is 0 Å². The number of halogens is 1. The predicted molar refractivity (Wildman–Crippen MR) is 92.2 cm³/mol. The third-order valence-corrected chi connectivity index (χ3v) is 3.96. The molecule has 4 rings (SSSR count). The molecule has 24 heavy (non-hydrogen) atoms. The van der Waals surface area contributed by atoms with E-state index in [-0.39, 0.29) is 0 Å². The van der Waals surface area contributed by atoms with Crippen LogP contribution in [0.2, 0.25) is 5.02 Å². The van der Waals surface area contributed by atoms with Crippen molar-refractivity contribution < 1.29 is 9.15 Å². The summed E-state index contributed by atoms with van der Waals surface area (Å²) in [4.78, 5) is 8.32. The van der Waals surface area contributed by atoms with Crippen molar-refractivity contribution in [2.75, 3.05) is 0 Å². The molecule has 0 saturated heterocycles. The number of nitrogens with zero attached hydrogens (tertiary/aromatic N) is 2. The van der Waals surface area contributed by atoms with Crippen molar-refractivity contribution in [3.05, 3.63) is 89.7 Å². The lowest BCUT2D eigenvalue weighted by Gasteiger charge is -2.17. The normalized spacial score (nSPS) is 12.2.